The molecule has 0 atom stereocenters. The van der Waals surface area contributed by atoms with Gasteiger partial charge in [0.1, 0.15) is 0 Å². The third-order valence-corrected chi connectivity index (χ3v) is 5.93. The number of aliphatic hydroxyl groups is 1. The molecule has 0 aliphatic carbocycles. The van der Waals surface area contributed by atoms with Crippen LogP contribution in [0.15, 0.2) is 47.4 Å². The summed E-state index contributed by atoms with van der Waals surface area (Å²) >= 11 is 1.22. The second kappa shape index (κ2) is 9.82. The highest BCUT2D eigenvalue weighted by atomic mass is 32.2. The monoisotopic (exact) mass is 427 g/mol. The lowest BCUT2D eigenvalue weighted by atomic mass is 10.0. The molecular weight excluding hydrogens is 402 g/mol. The van der Waals surface area contributed by atoms with Crippen LogP contribution in [-0.2, 0) is 16.0 Å². The number of carbonyl (C=O) groups is 2. The number of carbonyl (C=O) groups excluding carboxylic acids is 2. The fourth-order valence-corrected chi connectivity index (χ4v) is 4.17. The summed E-state index contributed by atoms with van der Waals surface area (Å²) in [4.78, 5) is 27.8. The van der Waals surface area contributed by atoms with Gasteiger partial charge in [0, 0.05) is 12.3 Å². The molecule has 0 saturated carbocycles. The number of aliphatic hydroxyl groups excluding tert-OH is 1. The number of amides is 2. The Morgan fingerprint density at radius 2 is 1.67 bits per heavy atom. The highest BCUT2D eigenvalue weighted by Crippen LogP contribution is 2.36. The van der Waals surface area contributed by atoms with Crippen molar-refractivity contribution in [1.29, 1.82) is 0 Å². The zero-order valence-corrected chi connectivity index (χ0v) is 18.1. The molecule has 0 unspecified atom stereocenters. The van der Waals surface area contributed by atoms with Crippen molar-refractivity contribution in [2.75, 3.05) is 33.1 Å². The number of hydrogen-bond acceptors (Lipinski definition) is 6. The molecule has 0 saturated heterocycles. The maximum Gasteiger partial charge on any atom is 0.267 e. The van der Waals surface area contributed by atoms with E-state index in [1.807, 2.05) is 43.3 Å². The van der Waals surface area contributed by atoms with Crippen LogP contribution >= 0.6 is 11.8 Å². The summed E-state index contributed by atoms with van der Waals surface area (Å²) < 4.78 is 10.6. The molecule has 1 aliphatic heterocycles. The minimum Gasteiger partial charge on any atom is -0.493 e. The molecule has 0 bridgehead atoms. The minimum atomic E-state index is -0.311. The van der Waals surface area contributed by atoms with Crippen LogP contribution in [0.4, 0.5) is 0 Å². The highest BCUT2D eigenvalue weighted by molar-refractivity contribution is 8.04. The summed E-state index contributed by atoms with van der Waals surface area (Å²) in [5.74, 6) is 0.972. The average molecular weight is 428 g/mol. The van der Waals surface area contributed by atoms with Gasteiger partial charge in [-0.1, -0.05) is 35.9 Å². The zero-order chi connectivity index (χ0) is 21.7. The predicted molar refractivity (Wildman–Crippen MR) is 118 cm³/mol. The van der Waals surface area contributed by atoms with Crippen LogP contribution < -0.4 is 9.47 Å². The van der Waals surface area contributed by atoms with Crippen LogP contribution in [0, 0.1) is 6.92 Å². The SMILES string of the molecule is COc1ccc(CCN2C(=O)C(SCCO)=C(c3ccc(C)cc3)C2=O)cc1OC. The van der Waals surface area contributed by atoms with Gasteiger partial charge in [-0.25, -0.2) is 0 Å². The van der Waals surface area contributed by atoms with Gasteiger partial charge in [-0.15, -0.1) is 11.8 Å². The Morgan fingerprint density at radius 1 is 0.967 bits per heavy atom. The molecule has 0 spiro atoms. The summed E-state index contributed by atoms with van der Waals surface area (Å²) in [5, 5.41) is 9.21. The molecule has 2 aromatic carbocycles. The van der Waals surface area contributed by atoms with E-state index < -0.39 is 0 Å². The Balaban J connectivity index is 1.83. The van der Waals surface area contributed by atoms with Crippen molar-refractivity contribution in [3.05, 3.63) is 64.1 Å². The summed E-state index contributed by atoms with van der Waals surface area (Å²) in [7, 11) is 3.14. The van der Waals surface area contributed by atoms with Gasteiger partial charge >= 0.3 is 0 Å². The average Bonchev–Trinajstić information content (AvgIpc) is 3.00. The summed E-state index contributed by atoms with van der Waals surface area (Å²) in [5.41, 5.74) is 3.13. The molecule has 0 radical (unpaired) electrons. The molecule has 3 rings (SSSR count). The molecule has 2 amide bonds. The smallest absolute Gasteiger partial charge is 0.267 e. The van der Waals surface area contributed by atoms with E-state index in [9.17, 15) is 14.7 Å². The van der Waals surface area contributed by atoms with Gasteiger partial charge in [0.25, 0.3) is 11.8 Å². The Hall–Kier alpha value is -2.77. The van der Waals surface area contributed by atoms with E-state index in [4.69, 9.17) is 9.47 Å². The summed E-state index contributed by atoms with van der Waals surface area (Å²) in [6.45, 7) is 2.16. The van der Waals surface area contributed by atoms with Crippen LogP contribution in [0.1, 0.15) is 16.7 Å². The predicted octanol–water partition coefficient (Wildman–Crippen LogP) is 3.06. The maximum atomic E-state index is 13.1. The fourth-order valence-electron chi connectivity index (χ4n) is 3.29. The second-order valence-electron chi connectivity index (χ2n) is 6.84. The number of aryl methyl sites for hydroxylation is 1. The molecule has 0 aromatic heterocycles. The number of nitrogens with zero attached hydrogens (tertiary/aromatic N) is 1. The number of benzene rings is 2. The Morgan fingerprint density at radius 3 is 2.30 bits per heavy atom. The number of imide groups is 1. The lowest BCUT2D eigenvalue weighted by Crippen LogP contribution is -2.33. The van der Waals surface area contributed by atoms with Crippen LogP contribution in [0.25, 0.3) is 5.57 Å². The first kappa shape index (κ1) is 21.9. The van der Waals surface area contributed by atoms with Crippen LogP contribution in [0.3, 0.4) is 0 Å². The van der Waals surface area contributed by atoms with E-state index in [0.29, 0.717) is 39.7 Å². The van der Waals surface area contributed by atoms with E-state index in [2.05, 4.69) is 0 Å². The third kappa shape index (κ3) is 4.52. The quantitative estimate of drug-likeness (QED) is 0.620. The van der Waals surface area contributed by atoms with Gasteiger partial charge in [0.2, 0.25) is 0 Å². The van der Waals surface area contributed by atoms with Crippen molar-refractivity contribution >= 4 is 29.1 Å². The van der Waals surface area contributed by atoms with E-state index in [1.165, 1.54) is 16.7 Å². The largest absolute Gasteiger partial charge is 0.493 e. The van der Waals surface area contributed by atoms with Gasteiger partial charge < -0.3 is 14.6 Å². The number of thioether (sulfide) groups is 1. The molecular formula is C23H25NO5S. The van der Waals surface area contributed by atoms with Crippen molar-refractivity contribution in [2.45, 2.75) is 13.3 Å². The molecule has 0 fully saturated rings. The molecule has 7 heteroatoms. The molecule has 158 valence electrons. The molecule has 1 aliphatic rings. The van der Waals surface area contributed by atoms with Crippen molar-refractivity contribution in [3.63, 3.8) is 0 Å². The number of hydrogen-bond donors (Lipinski definition) is 1. The topological polar surface area (TPSA) is 76.1 Å². The lowest BCUT2D eigenvalue weighted by molar-refractivity contribution is -0.136. The van der Waals surface area contributed by atoms with Gasteiger partial charge in [0.15, 0.2) is 11.5 Å². The van der Waals surface area contributed by atoms with E-state index >= 15 is 0 Å². The van der Waals surface area contributed by atoms with Gasteiger partial charge in [-0.2, -0.15) is 0 Å². The van der Waals surface area contributed by atoms with E-state index in [1.54, 1.807) is 20.3 Å². The molecule has 2 aromatic rings. The highest BCUT2D eigenvalue weighted by Gasteiger charge is 2.38. The first-order chi connectivity index (χ1) is 14.5. The Kier molecular flexibility index (Phi) is 7.18. The Labute approximate surface area is 180 Å². The second-order valence-corrected chi connectivity index (χ2v) is 7.95. The van der Waals surface area contributed by atoms with Crippen molar-refractivity contribution < 1.29 is 24.2 Å². The van der Waals surface area contributed by atoms with E-state index in [0.717, 1.165) is 11.1 Å². The number of methoxy groups -OCH3 is 2. The molecule has 1 heterocycles. The Bertz CT molecular complexity index is 968. The van der Waals surface area contributed by atoms with Gasteiger partial charge in [-0.05, 0) is 36.6 Å². The van der Waals surface area contributed by atoms with Gasteiger partial charge in [-0.3, -0.25) is 14.5 Å². The number of rotatable bonds is 9. The van der Waals surface area contributed by atoms with Crippen LogP contribution in [0.2, 0.25) is 0 Å². The van der Waals surface area contributed by atoms with Crippen LogP contribution in [0.5, 0.6) is 11.5 Å². The normalized spacial score (nSPS) is 13.9. The van der Waals surface area contributed by atoms with E-state index in [-0.39, 0.29) is 25.0 Å². The molecule has 6 nitrogen and oxygen atoms in total. The first-order valence-corrected chi connectivity index (χ1v) is 10.6. The molecule has 30 heavy (non-hydrogen) atoms. The number of ether oxygens (including phenoxy) is 2. The maximum absolute atomic E-state index is 13.1. The lowest BCUT2D eigenvalue weighted by Gasteiger charge is -2.16. The fraction of sp³-hybridized carbons (Fsp3) is 0.304. The molecule has 1 N–H and O–H groups in total. The minimum absolute atomic E-state index is 0.0670. The first-order valence-electron chi connectivity index (χ1n) is 9.62. The third-order valence-electron chi connectivity index (χ3n) is 4.88. The zero-order valence-electron chi connectivity index (χ0n) is 17.3. The standard InChI is InChI=1S/C23H25NO5S/c1-15-4-7-17(8-5-15)20-21(30-13-12-25)23(27)24(22(20)26)11-10-16-6-9-18(28-2)19(14-16)29-3/h4-9,14,25H,10-13H2,1-3H3. The van der Waals surface area contributed by atoms with Gasteiger partial charge in [0.05, 0.1) is 31.3 Å². The van der Waals surface area contributed by atoms with Crippen LogP contribution in [-0.4, -0.2) is 54.9 Å². The van der Waals surface area contributed by atoms with Crippen molar-refractivity contribution in [1.82, 2.24) is 4.90 Å². The van der Waals surface area contributed by atoms with Crippen molar-refractivity contribution in [2.24, 2.45) is 0 Å². The van der Waals surface area contributed by atoms with Crippen molar-refractivity contribution in [3.8, 4) is 11.5 Å². The summed E-state index contributed by atoms with van der Waals surface area (Å²) in [6, 6.07) is 13.1. The summed E-state index contributed by atoms with van der Waals surface area (Å²) in [6.07, 6.45) is 0.497.